The number of nitro groups is 1. The van der Waals surface area contributed by atoms with Gasteiger partial charge >= 0.3 is 0 Å². The first-order chi connectivity index (χ1) is 10.1. The van der Waals surface area contributed by atoms with Crippen LogP contribution in [0.1, 0.15) is 63.9 Å². The molecule has 1 aromatic heterocycles. The van der Waals surface area contributed by atoms with Crippen LogP contribution in [-0.4, -0.2) is 16.5 Å². The van der Waals surface area contributed by atoms with Gasteiger partial charge in [0.25, 0.3) is 5.69 Å². The zero-order valence-electron chi connectivity index (χ0n) is 13.2. The summed E-state index contributed by atoms with van der Waals surface area (Å²) in [5.74, 6) is 0.753. The Morgan fingerprint density at radius 3 is 2.33 bits per heavy atom. The molecule has 0 unspecified atom stereocenters. The number of aryl methyl sites for hydroxylation is 1. The normalized spacial score (nSPS) is 10.6. The van der Waals surface area contributed by atoms with Gasteiger partial charge in [0.1, 0.15) is 12.0 Å². The van der Waals surface area contributed by atoms with E-state index < -0.39 is 4.92 Å². The lowest BCUT2D eigenvalue weighted by atomic mass is 10.1. The van der Waals surface area contributed by atoms with E-state index in [-0.39, 0.29) is 5.69 Å². The lowest BCUT2D eigenvalue weighted by Crippen LogP contribution is -2.05. The van der Waals surface area contributed by atoms with E-state index in [9.17, 15) is 10.1 Å². The van der Waals surface area contributed by atoms with Crippen molar-refractivity contribution in [2.45, 2.75) is 65.2 Å². The number of hydrogen-bond donors (Lipinski definition) is 1. The van der Waals surface area contributed by atoms with Gasteiger partial charge in [-0.3, -0.25) is 10.1 Å². The number of nitrogens with one attached hydrogen (secondary N) is 1. The van der Waals surface area contributed by atoms with Crippen LogP contribution in [0.2, 0.25) is 0 Å². The highest BCUT2D eigenvalue weighted by atomic mass is 16.6. The van der Waals surface area contributed by atoms with E-state index in [0.29, 0.717) is 0 Å². The number of anilines is 1. The number of pyridine rings is 1. The third-order valence-corrected chi connectivity index (χ3v) is 3.60. The van der Waals surface area contributed by atoms with Crippen LogP contribution in [-0.2, 0) is 0 Å². The van der Waals surface area contributed by atoms with Crippen LogP contribution in [0.15, 0.2) is 12.3 Å². The second-order valence-corrected chi connectivity index (χ2v) is 5.52. The third-order valence-electron chi connectivity index (χ3n) is 3.60. The van der Waals surface area contributed by atoms with Crippen LogP contribution in [0.4, 0.5) is 11.5 Å². The molecule has 0 saturated heterocycles. The fourth-order valence-corrected chi connectivity index (χ4v) is 2.31. The molecule has 0 aliphatic heterocycles. The van der Waals surface area contributed by atoms with Crippen LogP contribution in [0.5, 0.6) is 0 Å². The van der Waals surface area contributed by atoms with E-state index in [2.05, 4.69) is 17.2 Å². The predicted molar refractivity (Wildman–Crippen MR) is 86.7 cm³/mol. The summed E-state index contributed by atoms with van der Waals surface area (Å²) < 4.78 is 0. The van der Waals surface area contributed by atoms with Gasteiger partial charge in [-0.25, -0.2) is 4.98 Å². The number of hydrogen-bond acceptors (Lipinski definition) is 4. The van der Waals surface area contributed by atoms with Crippen molar-refractivity contribution in [1.29, 1.82) is 0 Å². The second-order valence-electron chi connectivity index (χ2n) is 5.52. The maximum Gasteiger partial charge on any atom is 0.287 e. The fourth-order valence-electron chi connectivity index (χ4n) is 2.31. The van der Waals surface area contributed by atoms with Crippen molar-refractivity contribution in [1.82, 2.24) is 4.98 Å². The Morgan fingerprint density at radius 1 is 1.14 bits per heavy atom. The smallest absolute Gasteiger partial charge is 0.287 e. The van der Waals surface area contributed by atoms with Crippen LogP contribution < -0.4 is 5.32 Å². The molecule has 0 amide bonds. The molecule has 1 aromatic rings. The van der Waals surface area contributed by atoms with Crippen molar-refractivity contribution in [3.63, 3.8) is 0 Å². The molecule has 0 radical (unpaired) electrons. The fraction of sp³-hybridized carbons (Fsp3) is 0.688. The average Bonchev–Trinajstić information content (AvgIpc) is 2.46. The van der Waals surface area contributed by atoms with E-state index in [4.69, 9.17) is 0 Å². The van der Waals surface area contributed by atoms with Gasteiger partial charge in [-0.2, -0.15) is 0 Å². The number of unbranched alkanes of at least 4 members (excludes halogenated alkanes) is 7. The van der Waals surface area contributed by atoms with Gasteiger partial charge in [-0.05, 0) is 18.9 Å². The molecule has 0 atom stereocenters. The molecule has 0 bridgehead atoms. The van der Waals surface area contributed by atoms with Gasteiger partial charge in [0.2, 0.25) is 0 Å². The summed E-state index contributed by atoms with van der Waals surface area (Å²) in [6.07, 6.45) is 11.6. The first kappa shape index (κ1) is 17.4. The highest BCUT2D eigenvalue weighted by molar-refractivity contribution is 5.48. The zero-order chi connectivity index (χ0) is 15.5. The summed E-state index contributed by atoms with van der Waals surface area (Å²) in [7, 11) is 0. The van der Waals surface area contributed by atoms with E-state index in [1.807, 2.05) is 6.92 Å². The molecule has 21 heavy (non-hydrogen) atoms. The third kappa shape index (κ3) is 7.06. The van der Waals surface area contributed by atoms with Crippen molar-refractivity contribution in [3.05, 3.63) is 27.9 Å². The van der Waals surface area contributed by atoms with E-state index in [1.165, 1.54) is 51.1 Å². The Morgan fingerprint density at radius 2 is 1.76 bits per heavy atom. The predicted octanol–water partition coefficient (Wildman–Crippen LogP) is 4.85. The monoisotopic (exact) mass is 293 g/mol. The maximum absolute atomic E-state index is 10.6. The van der Waals surface area contributed by atoms with Crippen molar-refractivity contribution >= 4 is 11.5 Å². The van der Waals surface area contributed by atoms with Crippen LogP contribution >= 0.6 is 0 Å². The minimum absolute atomic E-state index is 0.0464. The molecule has 1 N–H and O–H groups in total. The first-order valence-corrected chi connectivity index (χ1v) is 8.00. The maximum atomic E-state index is 10.6. The minimum atomic E-state index is -0.414. The molecule has 0 saturated carbocycles. The van der Waals surface area contributed by atoms with Crippen molar-refractivity contribution in [3.8, 4) is 0 Å². The Balaban J connectivity index is 2.14. The summed E-state index contributed by atoms with van der Waals surface area (Å²) in [5, 5.41) is 13.9. The number of aromatic nitrogens is 1. The Kier molecular flexibility index (Phi) is 8.40. The highest BCUT2D eigenvalue weighted by Crippen LogP contribution is 2.18. The molecular weight excluding hydrogens is 266 g/mol. The summed E-state index contributed by atoms with van der Waals surface area (Å²) in [6.45, 7) is 4.95. The Labute approximate surface area is 127 Å². The van der Waals surface area contributed by atoms with Crippen molar-refractivity contribution in [2.24, 2.45) is 0 Å². The van der Waals surface area contributed by atoms with Crippen LogP contribution in [0, 0.1) is 17.0 Å². The standard InChI is InChI=1S/C16H27N3O2/c1-3-4-5-6-7-8-9-10-11-17-16-14(2)12-15(13-18-16)19(20)21/h12-13H,3-11H2,1-2H3,(H,17,18). The molecule has 5 heteroatoms. The van der Waals surface area contributed by atoms with Crippen molar-refractivity contribution < 1.29 is 4.92 Å². The van der Waals surface area contributed by atoms with Gasteiger partial charge in [0.05, 0.1) is 4.92 Å². The first-order valence-electron chi connectivity index (χ1n) is 8.00. The van der Waals surface area contributed by atoms with Gasteiger partial charge in [-0.1, -0.05) is 51.9 Å². The molecule has 5 nitrogen and oxygen atoms in total. The Hall–Kier alpha value is -1.65. The van der Waals surface area contributed by atoms with Gasteiger partial charge in [0.15, 0.2) is 0 Å². The zero-order valence-corrected chi connectivity index (χ0v) is 13.2. The van der Waals surface area contributed by atoms with E-state index in [1.54, 1.807) is 6.07 Å². The van der Waals surface area contributed by atoms with Crippen LogP contribution in [0.25, 0.3) is 0 Å². The number of nitrogens with zero attached hydrogens (tertiary/aromatic N) is 2. The lowest BCUT2D eigenvalue weighted by molar-refractivity contribution is -0.385. The molecule has 0 spiro atoms. The molecular formula is C16H27N3O2. The molecule has 0 aliphatic rings. The highest BCUT2D eigenvalue weighted by Gasteiger charge is 2.08. The molecule has 1 heterocycles. The molecule has 0 aliphatic carbocycles. The summed E-state index contributed by atoms with van der Waals surface area (Å²) >= 11 is 0. The average molecular weight is 293 g/mol. The summed E-state index contributed by atoms with van der Waals surface area (Å²) in [5.41, 5.74) is 0.869. The summed E-state index contributed by atoms with van der Waals surface area (Å²) in [4.78, 5) is 14.3. The van der Waals surface area contributed by atoms with Gasteiger partial charge < -0.3 is 5.32 Å². The topological polar surface area (TPSA) is 68.1 Å². The Bertz CT molecular complexity index is 436. The van der Waals surface area contributed by atoms with Gasteiger partial charge in [0, 0.05) is 12.6 Å². The quantitative estimate of drug-likeness (QED) is 0.360. The largest absolute Gasteiger partial charge is 0.370 e. The van der Waals surface area contributed by atoms with E-state index in [0.717, 1.165) is 24.3 Å². The van der Waals surface area contributed by atoms with E-state index >= 15 is 0 Å². The number of rotatable bonds is 11. The van der Waals surface area contributed by atoms with Crippen LogP contribution in [0.3, 0.4) is 0 Å². The van der Waals surface area contributed by atoms with Gasteiger partial charge in [-0.15, -0.1) is 0 Å². The van der Waals surface area contributed by atoms with Crippen molar-refractivity contribution in [2.75, 3.05) is 11.9 Å². The minimum Gasteiger partial charge on any atom is -0.370 e. The molecule has 118 valence electrons. The molecule has 0 aromatic carbocycles. The second kappa shape index (κ2) is 10.1. The molecule has 0 fully saturated rings. The summed E-state index contributed by atoms with van der Waals surface area (Å²) in [6, 6.07) is 1.56. The molecule has 1 rings (SSSR count). The lowest BCUT2D eigenvalue weighted by Gasteiger charge is -2.08. The SMILES string of the molecule is CCCCCCCCCCNc1ncc([N+](=O)[O-])cc1C.